The number of benzene rings is 1. The number of nitrogens with one attached hydrogen (secondary N) is 1. The molecule has 0 aliphatic carbocycles. The van der Waals surface area contributed by atoms with Crippen molar-refractivity contribution in [2.75, 3.05) is 26.5 Å². The van der Waals surface area contributed by atoms with Crippen LogP contribution >= 0.6 is 0 Å². The lowest BCUT2D eigenvalue weighted by molar-refractivity contribution is 0.0824. The van der Waals surface area contributed by atoms with Gasteiger partial charge in [0.05, 0.1) is 12.7 Å². The number of aromatic nitrogens is 1. The van der Waals surface area contributed by atoms with E-state index in [-0.39, 0.29) is 11.8 Å². The van der Waals surface area contributed by atoms with Crippen LogP contribution in [-0.4, -0.2) is 42.9 Å². The molecule has 1 heterocycles. The fraction of sp³-hybridized carbons (Fsp3) is 0.235. The Bertz CT molecular complexity index is 742. The van der Waals surface area contributed by atoms with Crippen LogP contribution in [0.5, 0.6) is 5.75 Å². The van der Waals surface area contributed by atoms with Crippen molar-refractivity contribution in [3.05, 3.63) is 53.3 Å². The van der Waals surface area contributed by atoms with Crippen LogP contribution in [0, 0.1) is 6.92 Å². The minimum absolute atomic E-state index is 0.202. The van der Waals surface area contributed by atoms with E-state index in [4.69, 9.17) is 4.74 Å². The SMILES string of the molecule is COc1ccc(NC(=O)c2cccc(C)n2)cc1C(=O)N(C)C. The second-order valence-corrected chi connectivity index (χ2v) is 5.23. The lowest BCUT2D eigenvalue weighted by atomic mass is 10.1. The number of nitrogens with zero attached hydrogens (tertiary/aromatic N) is 2. The van der Waals surface area contributed by atoms with Gasteiger partial charge in [-0.2, -0.15) is 0 Å². The lowest BCUT2D eigenvalue weighted by Gasteiger charge is -2.15. The molecule has 0 aliphatic rings. The van der Waals surface area contributed by atoms with Gasteiger partial charge in [-0.1, -0.05) is 6.07 Å². The highest BCUT2D eigenvalue weighted by molar-refractivity contribution is 6.04. The zero-order chi connectivity index (χ0) is 17.0. The Balaban J connectivity index is 2.28. The third kappa shape index (κ3) is 3.85. The van der Waals surface area contributed by atoms with Gasteiger partial charge in [0.25, 0.3) is 11.8 Å². The standard InChI is InChI=1S/C17H19N3O3/c1-11-6-5-7-14(18-11)16(21)19-12-8-9-15(23-4)13(10-12)17(22)20(2)3/h5-10H,1-4H3,(H,19,21). The molecule has 1 aromatic carbocycles. The molecule has 0 atom stereocenters. The van der Waals surface area contributed by atoms with Gasteiger partial charge in [-0.3, -0.25) is 9.59 Å². The molecule has 2 amide bonds. The number of ether oxygens (including phenoxy) is 1. The zero-order valence-corrected chi connectivity index (χ0v) is 13.6. The first-order valence-corrected chi connectivity index (χ1v) is 7.07. The Morgan fingerprint density at radius 3 is 2.52 bits per heavy atom. The lowest BCUT2D eigenvalue weighted by Crippen LogP contribution is -2.22. The number of hydrogen-bond donors (Lipinski definition) is 1. The summed E-state index contributed by atoms with van der Waals surface area (Å²) in [6, 6.07) is 10.1. The van der Waals surface area contributed by atoms with E-state index in [9.17, 15) is 9.59 Å². The van der Waals surface area contributed by atoms with Crippen molar-refractivity contribution in [2.24, 2.45) is 0 Å². The Morgan fingerprint density at radius 1 is 1.17 bits per heavy atom. The minimum atomic E-state index is -0.331. The minimum Gasteiger partial charge on any atom is -0.496 e. The van der Waals surface area contributed by atoms with Gasteiger partial charge in [0.1, 0.15) is 11.4 Å². The van der Waals surface area contributed by atoms with Gasteiger partial charge in [-0.15, -0.1) is 0 Å². The Hall–Kier alpha value is -2.89. The first-order chi connectivity index (χ1) is 10.9. The molecule has 1 N–H and O–H groups in total. The number of rotatable bonds is 4. The molecule has 1 aromatic heterocycles. The van der Waals surface area contributed by atoms with Crippen molar-refractivity contribution in [3.8, 4) is 5.75 Å². The maximum absolute atomic E-state index is 12.2. The fourth-order valence-corrected chi connectivity index (χ4v) is 2.06. The number of carbonyl (C=O) groups is 2. The van der Waals surface area contributed by atoms with Crippen LogP contribution in [0.25, 0.3) is 0 Å². The van der Waals surface area contributed by atoms with Crippen molar-refractivity contribution < 1.29 is 14.3 Å². The Labute approximate surface area is 135 Å². The van der Waals surface area contributed by atoms with E-state index in [1.54, 1.807) is 44.4 Å². The first kappa shape index (κ1) is 16.5. The predicted molar refractivity (Wildman–Crippen MR) is 87.9 cm³/mol. The number of hydrogen-bond acceptors (Lipinski definition) is 4. The highest BCUT2D eigenvalue weighted by Gasteiger charge is 2.16. The number of anilines is 1. The van der Waals surface area contributed by atoms with Crippen LogP contribution in [0.1, 0.15) is 26.5 Å². The molecule has 120 valence electrons. The van der Waals surface area contributed by atoms with Crippen molar-refractivity contribution in [2.45, 2.75) is 6.92 Å². The maximum Gasteiger partial charge on any atom is 0.274 e. The molecule has 6 heteroatoms. The summed E-state index contributed by atoms with van der Waals surface area (Å²) in [7, 11) is 4.81. The smallest absolute Gasteiger partial charge is 0.274 e. The Kier molecular flexibility index (Phi) is 4.95. The van der Waals surface area contributed by atoms with Gasteiger partial charge in [0.2, 0.25) is 0 Å². The number of aryl methyl sites for hydroxylation is 1. The predicted octanol–water partition coefficient (Wildman–Crippen LogP) is 2.35. The van der Waals surface area contributed by atoms with E-state index in [1.165, 1.54) is 12.0 Å². The summed E-state index contributed by atoms with van der Waals surface area (Å²) in [5, 5.41) is 2.74. The van der Waals surface area contributed by atoms with Gasteiger partial charge in [0, 0.05) is 25.5 Å². The molecule has 0 spiro atoms. The molecule has 6 nitrogen and oxygen atoms in total. The normalized spacial score (nSPS) is 10.1. The Morgan fingerprint density at radius 2 is 1.91 bits per heavy atom. The quantitative estimate of drug-likeness (QED) is 0.940. The van der Waals surface area contributed by atoms with Crippen molar-refractivity contribution in [1.82, 2.24) is 9.88 Å². The third-order valence-corrected chi connectivity index (χ3v) is 3.21. The molecule has 2 aromatic rings. The van der Waals surface area contributed by atoms with Crippen molar-refractivity contribution in [1.29, 1.82) is 0 Å². The summed E-state index contributed by atoms with van der Waals surface area (Å²) in [6.45, 7) is 1.82. The van der Waals surface area contributed by atoms with Gasteiger partial charge in [0.15, 0.2) is 0 Å². The van der Waals surface area contributed by atoms with Gasteiger partial charge >= 0.3 is 0 Å². The summed E-state index contributed by atoms with van der Waals surface area (Å²) in [4.78, 5) is 30.1. The molecule has 0 fully saturated rings. The second kappa shape index (κ2) is 6.91. The van der Waals surface area contributed by atoms with Crippen molar-refractivity contribution >= 4 is 17.5 Å². The molecule has 0 unspecified atom stereocenters. The monoisotopic (exact) mass is 313 g/mol. The summed E-state index contributed by atoms with van der Waals surface area (Å²) >= 11 is 0. The molecule has 2 rings (SSSR count). The molecule has 0 saturated carbocycles. The van der Waals surface area contributed by atoms with Gasteiger partial charge in [-0.05, 0) is 37.3 Å². The van der Waals surface area contributed by atoms with Crippen molar-refractivity contribution in [3.63, 3.8) is 0 Å². The van der Waals surface area contributed by atoms with Crippen LogP contribution in [0.15, 0.2) is 36.4 Å². The highest BCUT2D eigenvalue weighted by atomic mass is 16.5. The van der Waals surface area contributed by atoms with Crippen LogP contribution in [0.2, 0.25) is 0 Å². The molecule has 0 radical (unpaired) electrons. The number of pyridine rings is 1. The largest absolute Gasteiger partial charge is 0.496 e. The maximum atomic E-state index is 12.2. The first-order valence-electron chi connectivity index (χ1n) is 7.07. The average Bonchev–Trinajstić information content (AvgIpc) is 2.53. The molecular weight excluding hydrogens is 294 g/mol. The third-order valence-electron chi connectivity index (χ3n) is 3.21. The molecule has 0 bridgehead atoms. The molecular formula is C17H19N3O3. The number of amides is 2. The van der Waals surface area contributed by atoms with Crippen LogP contribution in [0.4, 0.5) is 5.69 Å². The van der Waals surface area contributed by atoms with E-state index in [0.717, 1.165) is 5.69 Å². The molecule has 23 heavy (non-hydrogen) atoms. The zero-order valence-electron chi connectivity index (χ0n) is 13.6. The van der Waals surface area contributed by atoms with Gasteiger partial charge < -0.3 is 15.0 Å². The summed E-state index contributed by atoms with van der Waals surface area (Å²) in [5.41, 5.74) is 1.97. The second-order valence-electron chi connectivity index (χ2n) is 5.23. The molecule has 0 saturated heterocycles. The van der Waals surface area contributed by atoms with Crippen LogP contribution in [0.3, 0.4) is 0 Å². The van der Waals surface area contributed by atoms with E-state index < -0.39 is 0 Å². The average molecular weight is 313 g/mol. The highest BCUT2D eigenvalue weighted by Crippen LogP contribution is 2.24. The van der Waals surface area contributed by atoms with E-state index in [2.05, 4.69) is 10.3 Å². The topological polar surface area (TPSA) is 71.5 Å². The van der Waals surface area contributed by atoms with E-state index in [0.29, 0.717) is 22.7 Å². The number of carbonyl (C=O) groups excluding carboxylic acids is 2. The summed E-state index contributed by atoms with van der Waals surface area (Å²) in [6.07, 6.45) is 0. The number of methoxy groups -OCH3 is 1. The summed E-state index contributed by atoms with van der Waals surface area (Å²) in [5.74, 6) is -0.0795. The van der Waals surface area contributed by atoms with E-state index in [1.807, 2.05) is 13.0 Å². The summed E-state index contributed by atoms with van der Waals surface area (Å²) < 4.78 is 5.20. The van der Waals surface area contributed by atoms with E-state index >= 15 is 0 Å². The van der Waals surface area contributed by atoms with Crippen LogP contribution < -0.4 is 10.1 Å². The van der Waals surface area contributed by atoms with Gasteiger partial charge in [-0.25, -0.2) is 4.98 Å². The molecule has 0 aliphatic heterocycles. The van der Waals surface area contributed by atoms with Crippen LogP contribution in [-0.2, 0) is 0 Å². The fourth-order valence-electron chi connectivity index (χ4n) is 2.06.